The predicted octanol–water partition coefficient (Wildman–Crippen LogP) is 8.24. The van der Waals surface area contributed by atoms with E-state index < -0.39 is 0 Å². The van der Waals surface area contributed by atoms with E-state index in [2.05, 4.69) is 127 Å². The zero-order valence-corrected chi connectivity index (χ0v) is 17.8. The summed E-state index contributed by atoms with van der Waals surface area (Å²) in [6.07, 6.45) is 0. The summed E-state index contributed by atoms with van der Waals surface area (Å²) < 4.78 is 1.28. The number of rotatable bonds is 2. The predicted molar refractivity (Wildman–Crippen MR) is 130 cm³/mol. The molecule has 5 aromatic carbocycles. The number of halogens is 1. The Morgan fingerprint density at radius 3 is 1.36 bits per heavy atom. The lowest BCUT2D eigenvalue weighted by molar-refractivity contribution is 1.47. The largest absolute Gasteiger partial charge is 0.0620 e. The standard InChI is InChI=1S/C27H19I/c1-18-10-2-3-11-19(18)26-20-12-4-6-14-22(20)27(23-15-7-5-13-21(23)26)24-16-8-9-17-25(24)28/h2-17H,1H3. The van der Waals surface area contributed by atoms with Crippen LogP contribution in [0.2, 0.25) is 0 Å². The zero-order chi connectivity index (χ0) is 19.1. The molecule has 0 nitrogen and oxygen atoms in total. The second kappa shape index (κ2) is 7.06. The molecular formula is C27H19I. The number of hydrogen-bond acceptors (Lipinski definition) is 0. The van der Waals surface area contributed by atoms with Crippen molar-refractivity contribution in [2.24, 2.45) is 0 Å². The van der Waals surface area contributed by atoms with Crippen LogP contribution in [0.3, 0.4) is 0 Å². The van der Waals surface area contributed by atoms with Crippen LogP contribution >= 0.6 is 22.6 Å². The highest BCUT2D eigenvalue weighted by molar-refractivity contribution is 14.1. The lowest BCUT2D eigenvalue weighted by Crippen LogP contribution is -1.93. The molecule has 0 unspecified atom stereocenters. The Bertz CT molecular complexity index is 1170. The summed E-state index contributed by atoms with van der Waals surface area (Å²) in [6.45, 7) is 2.20. The van der Waals surface area contributed by atoms with E-state index in [4.69, 9.17) is 0 Å². The Morgan fingerprint density at radius 2 is 0.857 bits per heavy atom. The summed E-state index contributed by atoms with van der Waals surface area (Å²) in [5, 5.41) is 5.24. The fraction of sp³-hybridized carbons (Fsp3) is 0.0370. The molecule has 0 fully saturated rings. The van der Waals surface area contributed by atoms with Crippen molar-refractivity contribution in [2.75, 3.05) is 0 Å². The van der Waals surface area contributed by atoms with Crippen LogP contribution in [-0.2, 0) is 0 Å². The molecule has 0 radical (unpaired) electrons. The molecule has 5 rings (SSSR count). The highest BCUT2D eigenvalue weighted by atomic mass is 127. The van der Waals surface area contributed by atoms with Gasteiger partial charge in [-0.25, -0.2) is 0 Å². The summed E-state index contributed by atoms with van der Waals surface area (Å²) in [5.74, 6) is 0. The Hall–Kier alpha value is -2.65. The van der Waals surface area contributed by atoms with Gasteiger partial charge in [0.25, 0.3) is 0 Å². The molecule has 0 spiro atoms. The van der Waals surface area contributed by atoms with Crippen molar-refractivity contribution in [1.82, 2.24) is 0 Å². The maximum atomic E-state index is 2.45. The Balaban J connectivity index is 2.04. The third-order valence-corrected chi connectivity index (χ3v) is 6.43. The van der Waals surface area contributed by atoms with Gasteiger partial charge in [-0.1, -0.05) is 91.0 Å². The second-order valence-corrected chi connectivity index (χ2v) is 8.30. The molecule has 0 aromatic heterocycles. The van der Waals surface area contributed by atoms with Gasteiger partial charge in [0.1, 0.15) is 0 Å². The topological polar surface area (TPSA) is 0 Å². The molecule has 0 aliphatic carbocycles. The van der Waals surface area contributed by atoms with Crippen LogP contribution in [-0.4, -0.2) is 0 Å². The lowest BCUT2D eigenvalue weighted by atomic mass is 9.85. The van der Waals surface area contributed by atoms with Gasteiger partial charge in [0.15, 0.2) is 0 Å². The molecule has 134 valence electrons. The zero-order valence-electron chi connectivity index (χ0n) is 15.6. The van der Waals surface area contributed by atoms with Crippen LogP contribution in [0.4, 0.5) is 0 Å². The normalized spacial score (nSPS) is 11.2. The van der Waals surface area contributed by atoms with Gasteiger partial charge >= 0.3 is 0 Å². The quantitative estimate of drug-likeness (QED) is 0.180. The van der Waals surface area contributed by atoms with Gasteiger partial charge in [-0.15, -0.1) is 0 Å². The maximum Gasteiger partial charge on any atom is 0.0209 e. The highest BCUT2D eigenvalue weighted by Gasteiger charge is 2.17. The van der Waals surface area contributed by atoms with Gasteiger partial charge in [-0.05, 0) is 84.9 Å². The second-order valence-electron chi connectivity index (χ2n) is 7.14. The number of aryl methyl sites for hydroxylation is 1. The molecule has 0 aliphatic rings. The van der Waals surface area contributed by atoms with Crippen LogP contribution in [0.25, 0.3) is 43.8 Å². The minimum atomic E-state index is 1.28. The van der Waals surface area contributed by atoms with Gasteiger partial charge in [-0.3, -0.25) is 0 Å². The molecule has 0 N–H and O–H groups in total. The van der Waals surface area contributed by atoms with Crippen molar-refractivity contribution in [3.63, 3.8) is 0 Å². The minimum absolute atomic E-state index is 1.28. The smallest absolute Gasteiger partial charge is 0.0209 e. The van der Waals surface area contributed by atoms with Crippen molar-refractivity contribution in [2.45, 2.75) is 6.92 Å². The van der Waals surface area contributed by atoms with E-state index in [1.54, 1.807) is 0 Å². The molecule has 0 amide bonds. The van der Waals surface area contributed by atoms with Crippen LogP contribution in [0.5, 0.6) is 0 Å². The fourth-order valence-corrected chi connectivity index (χ4v) is 4.88. The third-order valence-electron chi connectivity index (χ3n) is 5.49. The molecule has 0 aliphatic heterocycles. The molecule has 5 aromatic rings. The summed E-state index contributed by atoms with van der Waals surface area (Å²) >= 11 is 2.45. The highest BCUT2D eigenvalue weighted by Crippen LogP contribution is 2.44. The number of benzene rings is 5. The van der Waals surface area contributed by atoms with Crippen LogP contribution in [0, 0.1) is 10.5 Å². The van der Waals surface area contributed by atoms with E-state index in [1.165, 1.54) is 52.9 Å². The Kier molecular flexibility index (Phi) is 4.40. The van der Waals surface area contributed by atoms with Crippen molar-refractivity contribution >= 4 is 44.1 Å². The van der Waals surface area contributed by atoms with Crippen LogP contribution < -0.4 is 0 Å². The minimum Gasteiger partial charge on any atom is -0.0620 e. The van der Waals surface area contributed by atoms with Gasteiger partial charge < -0.3 is 0 Å². The summed E-state index contributed by atoms with van der Waals surface area (Å²) in [4.78, 5) is 0. The van der Waals surface area contributed by atoms with E-state index in [-0.39, 0.29) is 0 Å². The molecule has 0 saturated heterocycles. The van der Waals surface area contributed by atoms with Crippen molar-refractivity contribution in [3.05, 3.63) is 106 Å². The van der Waals surface area contributed by atoms with Crippen molar-refractivity contribution < 1.29 is 0 Å². The fourth-order valence-electron chi connectivity index (χ4n) is 4.23. The molecule has 28 heavy (non-hydrogen) atoms. The molecule has 0 bridgehead atoms. The first-order valence-electron chi connectivity index (χ1n) is 9.50. The summed E-state index contributed by atoms with van der Waals surface area (Å²) in [5.41, 5.74) is 6.57. The Labute approximate surface area is 179 Å². The molecule has 1 heteroatoms. The Morgan fingerprint density at radius 1 is 0.464 bits per heavy atom. The first-order valence-corrected chi connectivity index (χ1v) is 10.6. The van der Waals surface area contributed by atoms with Gasteiger partial charge in [-0.2, -0.15) is 0 Å². The summed E-state index contributed by atoms with van der Waals surface area (Å²) in [7, 11) is 0. The van der Waals surface area contributed by atoms with E-state index in [0.29, 0.717) is 0 Å². The third kappa shape index (κ3) is 2.73. The molecule has 0 heterocycles. The van der Waals surface area contributed by atoms with Gasteiger partial charge in [0.2, 0.25) is 0 Å². The number of fused-ring (bicyclic) bond motifs is 2. The van der Waals surface area contributed by atoms with Crippen LogP contribution in [0.1, 0.15) is 5.56 Å². The van der Waals surface area contributed by atoms with E-state index in [0.717, 1.165) is 0 Å². The van der Waals surface area contributed by atoms with E-state index in [1.807, 2.05) is 0 Å². The van der Waals surface area contributed by atoms with Gasteiger partial charge in [0.05, 0.1) is 0 Å². The molecule has 0 atom stereocenters. The average Bonchev–Trinajstić information content (AvgIpc) is 2.73. The van der Waals surface area contributed by atoms with Crippen LogP contribution in [0.15, 0.2) is 97.1 Å². The molecule has 0 saturated carbocycles. The molecular weight excluding hydrogens is 451 g/mol. The van der Waals surface area contributed by atoms with Crippen molar-refractivity contribution in [1.29, 1.82) is 0 Å². The maximum absolute atomic E-state index is 2.45. The SMILES string of the molecule is Cc1ccccc1-c1c2ccccc2c(-c2ccccc2I)c2ccccc12. The lowest BCUT2D eigenvalue weighted by Gasteiger charge is -2.19. The monoisotopic (exact) mass is 470 g/mol. The first-order chi connectivity index (χ1) is 13.8. The van der Waals surface area contributed by atoms with Gasteiger partial charge in [0, 0.05) is 3.57 Å². The van der Waals surface area contributed by atoms with E-state index >= 15 is 0 Å². The first kappa shape index (κ1) is 17.4. The van der Waals surface area contributed by atoms with E-state index in [9.17, 15) is 0 Å². The number of hydrogen-bond donors (Lipinski definition) is 0. The summed E-state index contributed by atoms with van der Waals surface area (Å²) in [6, 6.07) is 35.0. The van der Waals surface area contributed by atoms with Crippen molar-refractivity contribution in [3.8, 4) is 22.3 Å². The average molecular weight is 470 g/mol.